The Kier molecular flexibility index (Phi) is 2.00. The molecule has 4 fully saturated rings. The van der Waals surface area contributed by atoms with Crippen LogP contribution in [0.15, 0.2) is 0 Å². The fourth-order valence-corrected chi connectivity index (χ4v) is 6.23. The molecule has 6 atom stereocenters. The zero-order valence-corrected chi connectivity index (χ0v) is 10.7. The van der Waals surface area contributed by atoms with Gasteiger partial charge in [0.15, 0.2) is 0 Å². The van der Waals surface area contributed by atoms with Crippen molar-refractivity contribution >= 4 is 5.97 Å². The third-order valence-electron chi connectivity index (χ3n) is 6.48. The van der Waals surface area contributed by atoms with E-state index in [1.807, 2.05) is 0 Å². The van der Waals surface area contributed by atoms with Gasteiger partial charge in [-0.1, -0.05) is 0 Å². The van der Waals surface area contributed by atoms with E-state index >= 15 is 0 Å². The summed E-state index contributed by atoms with van der Waals surface area (Å²) in [5.41, 5.74) is 0.404. The summed E-state index contributed by atoms with van der Waals surface area (Å²) in [7, 11) is 0. The van der Waals surface area contributed by atoms with Gasteiger partial charge in [0.1, 0.15) is 0 Å². The molecule has 4 aliphatic carbocycles. The molecule has 0 radical (unpaired) electrons. The van der Waals surface area contributed by atoms with E-state index in [4.69, 9.17) is 4.74 Å². The highest BCUT2D eigenvalue weighted by atomic mass is 16.5. The Labute approximate surface area is 103 Å². The number of fused-ring (bicyclic) bond motifs is 9. The lowest BCUT2D eigenvalue weighted by molar-refractivity contribution is -0.146. The van der Waals surface area contributed by atoms with Crippen LogP contribution in [0.1, 0.15) is 45.4 Å². The summed E-state index contributed by atoms with van der Waals surface area (Å²) in [4.78, 5) is 11.1. The molecule has 17 heavy (non-hydrogen) atoms. The normalized spacial score (nSPS) is 54.1. The van der Waals surface area contributed by atoms with Crippen LogP contribution in [0.25, 0.3) is 0 Å². The summed E-state index contributed by atoms with van der Waals surface area (Å²) in [6, 6.07) is 0. The molecule has 0 aromatic carbocycles. The molecule has 6 unspecified atom stereocenters. The third-order valence-corrected chi connectivity index (χ3v) is 6.48. The molecular formula is C15H22O2. The van der Waals surface area contributed by atoms with Crippen molar-refractivity contribution in [2.75, 3.05) is 6.61 Å². The lowest BCUT2D eigenvalue weighted by Crippen LogP contribution is -2.38. The van der Waals surface area contributed by atoms with Gasteiger partial charge >= 0.3 is 5.97 Å². The molecule has 0 N–H and O–H groups in total. The average molecular weight is 234 g/mol. The van der Waals surface area contributed by atoms with E-state index in [0.717, 1.165) is 36.2 Å². The Bertz CT molecular complexity index is 364. The molecule has 0 aromatic rings. The van der Waals surface area contributed by atoms with Crippen LogP contribution in [0.4, 0.5) is 0 Å². The van der Waals surface area contributed by atoms with E-state index in [9.17, 15) is 4.79 Å². The average Bonchev–Trinajstić information content (AvgIpc) is 3.04. The molecule has 4 aliphatic rings. The second-order valence-corrected chi connectivity index (χ2v) is 7.08. The molecule has 0 aliphatic heterocycles. The van der Waals surface area contributed by atoms with Crippen molar-refractivity contribution < 1.29 is 9.53 Å². The van der Waals surface area contributed by atoms with E-state index in [2.05, 4.69) is 0 Å². The highest BCUT2D eigenvalue weighted by Gasteiger charge is 2.66. The predicted molar refractivity (Wildman–Crippen MR) is 64.2 cm³/mol. The minimum absolute atomic E-state index is 0.0885. The van der Waals surface area contributed by atoms with E-state index in [-0.39, 0.29) is 5.97 Å². The lowest BCUT2D eigenvalue weighted by atomic mass is 9.65. The topological polar surface area (TPSA) is 26.3 Å². The molecule has 0 aromatic heterocycles. The van der Waals surface area contributed by atoms with Gasteiger partial charge in [-0.25, -0.2) is 0 Å². The van der Waals surface area contributed by atoms with Crippen LogP contribution in [0.2, 0.25) is 0 Å². The third kappa shape index (κ3) is 1.25. The highest BCUT2D eigenvalue weighted by molar-refractivity contribution is 5.65. The van der Waals surface area contributed by atoms with Gasteiger partial charge in [0, 0.05) is 12.3 Å². The summed E-state index contributed by atoms with van der Waals surface area (Å²) in [5, 5.41) is 0. The number of carbonyl (C=O) groups is 1. The van der Waals surface area contributed by atoms with Crippen molar-refractivity contribution in [2.24, 2.45) is 35.0 Å². The number of esters is 1. The SMILES string of the molecule is CC(=O)OCC12CCC(C1)C1C3CCC(C3)C12. The quantitative estimate of drug-likeness (QED) is 0.542. The Balaban J connectivity index is 1.61. The van der Waals surface area contributed by atoms with Crippen molar-refractivity contribution in [2.45, 2.75) is 45.4 Å². The van der Waals surface area contributed by atoms with Crippen molar-refractivity contribution in [3.8, 4) is 0 Å². The second-order valence-electron chi connectivity index (χ2n) is 7.08. The van der Waals surface area contributed by atoms with Crippen LogP contribution in [0.3, 0.4) is 0 Å². The zero-order chi connectivity index (χ0) is 11.6. The molecule has 0 heterocycles. The summed E-state index contributed by atoms with van der Waals surface area (Å²) < 4.78 is 5.42. The number of ether oxygens (including phenoxy) is 1. The first kappa shape index (κ1) is 10.4. The van der Waals surface area contributed by atoms with Crippen LogP contribution in [-0.4, -0.2) is 12.6 Å². The maximum absolute atomic E-state index is 11.1. The maximum atomic E-state index is 11.1. The maximum Gasteiger partial charge on any atom is 0.302 e. The Morgan fingerprint density at radius 1 is 1.24 bits per heavy atom. The van der Waals surface area contributed by atoms with Crippen LogP contribution in [0.5, 0.6) is 0 Å². The molecule has 4 saturated carbocycles. The molecule has 2 nitrogen and oxygen atoms in total. The fourth-order valence-electron chi connectivity index (χ4n) is 6.23. The summed E-state index contributed by atoms with van der Waals surface area (Å²) in [6.45, 7) is 2.28. The number of hydrogen-bond donors (Lipinski definition) is 0. The van der Waals surface area contributed by atoms with Gasteiger partial charge in [0.2, 0.25) is 0 Å². The standard InChI is InChI=1S/C15H22O2/c1-9(16)17-8-15-5-4-12(7-15)13-10-2-3-11(6-10)14(13)15/h10-14H,2-8H2,1H3. The number of carbonyl (C=O) groups excluding carboxylic acids is 1. The summed E-state index contributed by atoms with van der Waals surface area (Å²) in [5.74, 6) is 4.83. The molecule has 4 bridgehead atoms. The molecule has 0 saturated heterocycles. The van der Waals surface area contributed by atoms with Gasteiger partial charge in [0.05, 0.1) is 6.61 Å². The number of hydrogen-bond acceptors (Lipinski definition) is 2. The summed E-state index contributed by atoms with van der Waals surface area (Å²) in [6.07, 6.45) is 8.55. The van der Waals surface area contributed by atoms with Gasteiger partial charge in [-0.05, 0) is 68.1 Å². The molecule has 2 heteroatoms. The summed E-state index contributed by atoms with van der Waals surface area (Å²) >= 11 is 0. The highest BCUT2D eigenvalue weighted by Crippen LogP contribution is 2.72. The van der Waals surface area contributed by atoms with E-state index < -0.39 is 0 Å². The van der Waals surface area contributed by atoms with E-state index in [1.165, 1.54) is 38.5 Å². The molecule has 0 spiro atoms. The van der Waals surface area contributed by atoms with Crippen molar-refractivity contribution in [1.29, 1.82) is 0 Å². The predicted octanol–water partition coefficient (Wildman–Crippen LogP) is 3.01. The van der Waals surface area contributed by atoms with Crippen molar-refractivity contribution in [1.82, 2.24) is 0 Å². The van der Waals surface area contributed by atoms with Crippen molar-refractivity contribution in [3.63, 3.8) is 0 Å². The first-order chi connectivity index (χ1) is 8.20. The van der Waals surface area contributed by atoms with Crippen molar-refractivity contribution in [3.05, 3.63) is 0 Å². The van der Waals surface area contributed by atoms with E-state index in [0.29, 0.717) is 5.41 Å². The lowest BCUT2D eigenvalue weighted by Gasteiger charge is -2.41. The van der Waals surface area contributed by atoms with Gasteiger partial charge in [-0.15, -0.1) is 0 Å². The largest absolute Gasteiger partial charge is 0.465 e. The van der Waals surface area contributed by atoms with Crippen LogP contribution in [-0.2, 0) is 9.53 Å². The molecule has 4 rings (SSSR count). The van der Waals surface area contributed by atoms with E-state index in [1.54, 1.807) is 6.92 Å². The Morgan fingerprint density at radius 3 is 2.88 bits per heavy atom. The molecule has 94 valence electrons. The van der Waals surface area contributed by atoms with Gasteiger partial charge in [0.25, 0.3) is 0 Å². The van der Waals surface area contributed by atoms with Crippen LogP contribution < -0.4 is 0 Å². The minimum atomic E-state index is -0.0885. The number of rotatable bonds is 2. The minimum Gasteiger partial charge on any atom is -0.465 e. The fraction of sp³-hybridized carbons (Fsp3) is 0.933. The van der Waals surface area contributed by atoms with Gasteiger partial charge in [-0.3, -0.25) is 4.79 Å². The molecule has 0 amide bonds. The van der Waals surface area contributed by atoms with Gasteiger partial charge < -0.3 is 4.74 Å². The van der Waals surface area contributed by atoms with Gasteiger partial charge in [-0.2, -0.15) is 0 Å². The Hall–Kier alpha value is -0.530. The first-order valence-electron chi connectivity index (χ1n) is 7.33. The monoisotopic (exact) mass is 234 g/mol. The molecular weight excluding hydrogens is 212 g/mol. The van der Waals surface area contributed by atoms with Crippen LogP contribution >= 0.6 is 0 Å². The van der Waals surface area contributed by atoms with Crippen LogP contribution in [0, 0.1) is 35.0 Å². The Morgan fingerprint density at radius 2 is 2.06 bits per heavy atom. The second kappa shape index (κ2) is 3.27. The smallest absolute Gasteiger partial charge is 0.302 e. The first-order valence-corrected chi connectivity index (χ1v) is 7.33. The zero-order valence-electron chi connectivity index (χ0n) is 10.7.